The van der Waals surface area contributed by atoms with Crippen molar-refractivity contribution in [1.82, 2.24) is 0 Å². The summed E-state index contributed by atoms with van der Waals surface area (Å²) in [4.78, 5) is 1.76. The molecule has 1 atom stereocenters. The van der Waals surface area contributed by atoms with Crippen molar-refractivity contribution in [2.75, 3.05) is 0 Å². The number of halogens is 1. The predicted molar refractivity (Wildman–Crippen MR) is 58.4 cm³/mol. The standard InChI is InChI=1S/C10H9BrOS/c11-10(8-3-4-12-7-8)6-9-2-1-5-13-9/h1-5,7,10H,6H2. The molecule has 2 aromatic heterocycles. The Morgan fingerprint density at radius 1 is 1.46 bits per heavy atom. The van der Waals surface area contributed by atoms with Crippen LogP contribution in [0.5, 0.6) is 0 Å². The van der Waals surface area contributed by atoms with Gasteiger partial charge in [-0.05, 0) is 23.9 Å². The Morgan fingerprint density at radius 3 is 3.00 bits per heavy atom. The fourth-order valence-electron chi connectivity index (χ4n) is 1.18. The highest BCUT2D eigenvalue weighted by Gasteiger charge is 2.09. The van der Waals surface area contributed by atoms with Gasteiger partial charge in [-0.2, -0.15) is 0 Å². The summed E-state index contributed by atoms with van der Waals surface area (Å²) in [5.41, 5.74) is 1.20. The normalized spacial score (nSPS) is 13.0. The lowest BCUT2D eigenvalue weighted by Gasteiger charge is -2.04. The second kappa shape index (κ2) is 4.11. The largest absolute Gasteiger partial charge is 0.472 e. The molecule has 0 aliphatic heterocycles. The number of hydrogen-bond acceptors (Lipinski definition) is 2. The van der Waals surface area contributed by atoms with Crippen LogP contribution in [0, 0.1) is 0 Å². The van der Waals surface area contributed by atoms with Gasteiger partial charge in [0.2, 0.25) is 0 Å². The van der Waals surface area contributed by atoms with E-state index in [0.29, 0.717) is 4.83 Å². The zero-order valence-electron chi connectivity index (χ0n) is 6.94. The second-order valence-corrected chi connectivity index (χ2v) is 4.95. The van der Waals surface area contributed by atoms with Crippen LogP contribution < -0.4 is 0 Å². The van der Waals surface area contributed by atoms with Crippen molar-refractivity contribution >= 4 is 27.3 Å². The van der Waals surface area contributed by atoms with Crippen molar-refractivity contribution in [3.05, 3.63) is 46.5 Å². The molecule has 2 aromatic rings. The molecule has 13 heavy (non-hydrogen) atoms. The van der Waals surface area contributed by atoms with Gasteiger partial charge in [-0.25, -0.2) is 0 Å². The van der Waals surface area contributed by atoms with Crippen LogP contribution in [0.25, 0.3) is 0 Å². The third kappa shape index (κ3) is 2.23. The number of hydrogen-bond donors (Lipinski definition) is 0. The van der Waals surface area contributed by atoms with Crippen molar-refractivity contribution in [1.29, 1.82) is 0 Å². The molecule has 2 heterocycles. The maximum absolute atomic E-state index is 5.03. The molecule has 2 rings (SSSR count). The molecule has 0 aliphatic carbocycles. The highest BCUT2D eigenvalue weighted by atomic mass is 79.9. The number of thiophene rings is 1. The Labute approximate surface area is 89.5 Å². The van der Waals surface area contributed by atoms with Crippen molar-refractivity contribution in [3.8, 4) is 0 Å². The average molecular weight is 257 g/mol. The van der Waals surface area contributed by atoms with Gasteiger partial charge in [-0.3, -0.25) is 0 Å². The Balaban J connectivity index is 2.04. The summed E-state index contributed by atoms with van der Waals surface area (Å²) in [6, 6.07) is 6.22. The highest BCUT2D eigenvalue weighted by Crippen LogP contribution is 2.28. The van der Waals surface area contributed by atoms with E-state index < -0.39 is 0 Å². The van der Waals surface area contributed by atoms with Gasteiger partial charge in [-0.1, -0.05) is 22.0 Å². The van der Waals surface area contributed by atoms with Gasteiger partial charge in [0.05, 0.1) is 12.5 Å². The van der Waals surface area contributed by atoms with Gasteiger partial charge in [-0.15, -0.1) is 11.3 Å². The summed E-state index contributed by atoms with van der Waals surface area (Å²) in [6.07, 6.45) is 4.52. The maximum atomic E-state index is 5.03. The van der Waals surface area contributed by atoms with Crippen LogP contribution in [0.4, 0.5) is 0 Å². The van der Waals surface area contributed by atoms with E-state index >= 15 is 0 Å². The summed E-state index contributed by atoms with van der Waals surface area (Å²) in [7, 11) is 0. The van der Waals surface area contributed by atoms with E-state index in [1.807, 2.05) is 6.07 Å². The van der Waals surface area contributed by atoms with Crippen molar-refractivity contribution in [2.24, 2.45) is 0 Å². The zero-order valence-corrected chi connectivity index (χ0v) is 9.35. The first-order chi connectivity index (χ1) is 6.36. The fraction of sp³-hybridized carbons (Fsp3) is 0.200. The molecule has 0 saturated carbocycles. The molecule has 1 nitrogen and oxygen atoms in total. The van der Waals surface area contributed by atoms with Crippen LogP contribution >= 0.6 is 27.3 Å². The van der Waals surface area contributed by atoms with E-state index in [1.54, 1.807) is 23.9 Å². The molecule has 0 aromatic carbocycles. The van der Waals surface area contributed by atoms with Crippen LogP contribution in [0.15, 0.2) is 40.5 Å². The Kier molecular flexibility index (Phi) is 2.86. The van der Waals surface area contributed by atoms with E-state index in [0.717, 1.165) is 6.42 Å². The van der Waals surface area contributed by atoms with Gasteiger partial charge in [0.15, 0.2) is 0 Å². The summed E-state index contributed by atoms with van der Waals surface area (Å²) in [5.74, 6) is 0. The Bertz CT molecular complexity index is 339. The van der Waals surface area contributed by atoms with Crippen molar-refractivity contribution in [2.45, 2.75) is 11.2 Å². The summed E-state index contributed by atoms with van der Waals surface area (Å²) >= 11 is 5.42. The topological polar surface area (TPSA) is 13.1 Å². The molecule has 0 saturated heterocycles. The lowest BCUT2D eigenvalue weighted by Crippen LogP contribution is -1.90. The quantitative estimate of drug-likeness (QED) is 0.757. The smallest absolute Gasteiger partial charge is 0.0946 e. The van der Waals surface area contributed by atoms with Gasteiger partial charge in [0, 0.05) is 15.3 Å². The van der Waals surface area contributed by atoms with E-state index in [2.05, 4.69) is 33.4 Å². The molecule has 1 unspecified atom stereocenters. The van der Waals surface area contributed by atoms with E-state index in [-0.39, 0.29) is 0 Å². The van der Waals surface area contributed by atoms with Gasteiger partial charge in [0.1, 0.15) is 0 Å². The molecule has 3 heteroatoms. The lowest BCUT2D eigenvalue weighted by molar-refractivity contribution is 0.563. The number of furan rings is 1. The monoisotopic (exact) mass is 256 g/mol. The molecule has 0 fully saturated rings. The highest BCUT2D eigenvalue weighted by molar-refractivity contribution is 9.09. The Morgan fingerprint density at radius 2 is 2.38 bits per heavy atom. The summed E-state index contributed by atoms with van der Waals surface area (Å²) < 4.78 is 5.03. The molecule has 68 valence electrons. The number of alkyl halides is 1. The van der Waals surface area contributed by atoms with Crippen LogP contribution in [-0.4, -0.2) is 0 Å². The first-order valence-corrected chi connectivity index (χ1v) is 5.84. The molecule has 0 radical (unpaired) electrons. The molecule has 0 bridgehead atoms. The molecule has 0 N–H and O–H groups in total. The van der Waals surface area contributed by atoms with Crippen LogP contribution in [-0.2, 0) is 6.42 Å². The maximum Gasteiger partial charge on any atom is 0.0946 e. The zero-order chi connectivity index (χ0) is 9.10. The average Bonchev–Trinajstić information content (AvgIpc) is 2.74. The first kappa shape index (κ1) is 9.03. The minimum atomic E-state index is 0.366. The molecule has 0 aliphatic rings. The van der Waals surface area contributed by atoms with Gasteiger partial charge >= 0.3 is 0 Å². The molecule has 0 spiro atoms. The Hall–Kier alpha value is -0.540. The minimum absolute atomic E-state index is 0.366. The van der Waals surface area contributed by atoms with Crippen LogP contribution in [0.3, 0.4) is 0 Å². The SMILES string of the molecule is BrC(Cc1cccs1)c1ccoc1. The van der Waals surface area contributed by atoms with Gasteiger partial charge < -0.3 is 4.42 Å². The fourth-order valence-corrected chi connectivity index (χ4v) is 2.75. The second-order valence-electron chi connectivity index (χ2n) is 2.81. The van der Waals surface area contributed by atoms with Crippen molar-refractivity contribution in [3.63, 3.8) is 0 Å². The van der Waals surface area contributed by atoms with E-state index in [4.69, 9.17) is 4.42 Å². The third-order valence-electron chi connectivity index (χ3n) is 1.87. The lowest BCUT2D eigenvalue weighted by atomic mass is 10.2. The first-order valence-electron chi connectivity index (χ1n) is 4.05. The molecular formula is C10H9BrOS. The van der Waals surface area contributed by atoms with Gasteiger partial charge in [0.25, 0.3) is 0 Å². The third-order valence-corrected chi connectivity index (χ3v) is 3.62. The van der Waals surface area contributed by atoms with Crippen LogP contribution in [0.2, 0.25) is 0 Å². The molecule has 0 amide bonds. The van der Waals surface area contributed by atoms with E-state index in [9.17, 15) is 0 Å². The number of rotatable bonds is 3. The summed E-state index contributed by atoms with van der Waals surface area (Å²) in [5, 5.41) is 2.10. The minimum Gasteiger partial charge on any atom is -0.472 e. The predicted octanol–water partition coefficient (Wildman–Crippen LogP) is 4.02. The van der Waals surface area contributed by atoms with Crippen LogP contribution in [0.1, 0.15) is 15.3 Å². The van der Waals surface area contributed by atoms with Crippen molar-refractivity contribution < 1.29 is 4.42 Å². The summed E-state index contributed by atoms with van der Waals surface area (Å²) in [6.45, 7) is 0. The molecular weight excluding hydrogens is 248 g/mol. The van der Waals surface area contributed by atoms with E-state index in [1.165, 1.54) is 10.4 Å².